The number of allylic oxidation sites excluding steroid dienone is 1. The van der Waals surface area contributed by atoms with E-state index in [2.05, 4.69) is 21.7 Å². The van der Waals surface area contributed by atoms with Crippen LogP contribution in [-0.4, -0.2) is 44.0 Å². The number of benzene rings is 1. The van der Waals surface area contributed by atoms with Gasteiger partial charge in [-0.25, -0.2) is 4.98 Å². The third-order valence-electron chi connectivity index (χ3n) is 5.37. The third kappa shape index (κ3) is 4.28. The van der Waals surface area contributed by atoms with Gasteiger partial charge >= 0.3 is 0 Å². The predicted molar refractivity (Wildman–Crippen MR) is 129 cm³/mol. The molecule has 3 aromatic heterocycles. The molecule has 0 saturated carbocycles. The van der Waals surface area contributed by atoms with E-state index in [4.69, 9.17) is 48.2 Å². The number of piperidine rings is 1. The van der Waals surface area contributed by atoms with Gasteiger partial charge in [0, 0.05) is 40.8 Å². The molecule has 0 aliphatic carbocycles. The maximum Gasteiger partial charge on any atom is 0.278 e. The molecule has 0 spiro atoms. The molecule has 33 heavy (non-hydrogen) atoms. The SMILES string of the molecule is [2H]C([2H])([2H])N1CC(Oc2cc(Cl)c(-c3noc(-c4cn5cc(C)cc(Cl)c5n4)n3)cc2Cl)CCC1=C. The largest absolute Gasteiger partial charge is 0.487 e. The van der Waals surface area contributed by atoms with Crippen molar-refractivity contribution < 1.29 is 13.4 Å². The maximum absolute atomic E-state index is 7.70. The Kier molecular flexibility index (Phi) is 4.84. The van der Waals surface area contributed by atoms with Gasteiger partial charge in [-0.05, 0) is 37.5 Å². The third-order valence-corrected chi connectivity index (χ3v) is 6.25. The van der Waals surface area contributed by atoms with Gasteiger partial charge in [0.15, 0.2) is 5.65 Å². The number of hydrogen-bond donors (Lipinski definition) is 0. The van der Waals surface area contributed by atoms with Gasteiger partial charge in [-0.1, -0.05) is 46.5 Å². The molecule has 1 unspecified atom stereocenters. The van der Waals surface area contributed by atoms with Crippen LogP contribution in [0.1, 0.15) is 22.5 Å². The number of imidazole rings is 1. The van der Waals surface area contributed by atoms with Crippen molar-refractivity contribution in [1.82, 2.24) is 24.4 Å². The summed E-state index contributed by atoms with van der Waals surface area (Å²) in [6, 6.07) is 4.97. The van der Waals surface area contributed by atoms with E-state index in [1.807, 2.05) is 19.2 Å². The summed E-state index contributed by atoms with van der Waals surface area (Å²) in [4.78, 5) is 10.2. The molecule has 5 rings (SSSR count). The predicted octanol–water partition coefficient (Wildman–Crippen LogP) is 6.31. The van der Waals surface area contributed by atoms with E-state index in [9.17, 15) is 0 Å². The van der Waals surface area contributed by atoms with Gasteiger partial charge in [-0.3, -0.25) is 0 Å². The van der Waals surface area contributed by atoms with Gasteiger partial charge < -0.3 is 18.6 Å². The lowest BCUT2D eigenvalue weighted by Gasteiger charge is -2.33. The first kappa shape index (κ1) is 18.7. The Labute approximate surface area is 209 Å². The number of ether oxygens (including phenoxy) is 1. The van der Waals surface area contributed by atoms with E-state index < -0.39 is 13.1 Å². The number of aromatic nitrogens is 4. The standard InChI is InChI=1S/C23H20Cl3N5O2/c1-12-6-18(26)22-27-19(11-31(22)9-12)23-28-21(29-33-23)15-7-17(25)20(8-16(15)24)32-14-5-4-13(2)30(3)10-14/h6-9,11,14H,2,4-5,10H2,1,3H3/i3D3. The second-order valence-electron chi connectivity index (χ2n) is 7.86. The molecule has 1 aliphatic rings. The number of pyridine rings is 1. The summed E-state index contributed by atoms with van der Waals surface area (Å²) in [7, 11) is 0. The van der Waals surface area contributed by atoms with E-state index >= 15 is 0 Å². The van der Waals surface area contributed by atoms with Gasteiger partial charge in [0.25, 0.3) is 5.89 Å². The van der Waals surface area contributed by atoms with Crippen LogP contribution in [0, 0.1) is 6.92 Å². The zero-order valence-electron chi connectivity index (χ0n) is 20.5. The maximum atomic E-state index is 7.70. The van der Waals surface area contributed by atoms with Gasteiger partial charge in [0.1, 0.15) is 17.5 Å². The second-order valence-corrected chi connectivity index (χ2v) is 9.08. The number of likely N-dealkylation sites (N-methyl/N-ethyl adjacent to an activating group) is 1. The number of rotatable bonds is 4. The van der Waals surface area contributed by atoms with Crippen molar-refractivity contribution in [2.45, 2.75) is 25.9 Å². The van der Waals surface area contributed by atoms with Crippen molar-refractivity contribution in [2.24, 2.45) is 0 Å². The van der Waals surface area contributed by atoms with Crippen LogP contribution in [0.4, 0.5) is 0 Å². The Balaban J connectivity index is 1.38. The molecule has 0 N–H and O–H groups in total. The highest BCUT2D eigenvalue weighted by atomic mass is 35.5. The summed E-state index contributed by atoms with van der Waals surface area (Å²) in [5.41, 5.74) is 3.02. The molecule has 1 aromatic carbocycles. The molecule has 1 atom stereocenters. The Morgan fingerprint density at radius 3 is 2.82 bits per heavy atom. The smallest absolute Gasteiger partial charge is 0.278 e. The molecule has 0 bridgehead atoms. The van der Waals surface area contributed by atoms with E-state index in [0.29, 0.717) is 51.2 Å². The van der Waals surface area contributed by atoms with Crippen molar-refractivity contribution in [3.8, 4) is 28.7 Å². The average molecular weight is 508 g/mol. The van der Waals surface area contributed by atoms with Crippen molar-refractivity contribution in [3.63, 3.8) is 0 Å². The summed E-state index contributed by atoms with van der Waals surface area (Å²) in [5.74, 6) is 0.759. The Morgan fingerprint density at radius 1 is 1.15 bits per heavy atom. The topological polar surface area (TPSA) is 68.7 Å². The molecule has 10 heteroatoms. The van der Waals surface area contributed by atoms with Crippen molar-refractivity contribution >= 4 is 40.4 Å². The number of likely N-dealkylation sites (tertiary alicyclic amines) is 1. The van der Waals surface area contributed by atoms with E-state index in [0.717, 1.165) is 5.56 Å². The lowest BCUT2D eigenvalue weighted by Crippen LogP contribution is -2.37. The van der Waals surface area contributed by atoms with Gasteiger partial charge in [0.05, 0.1) is 21.6 Å². The highest BCUT2D eigenvalue weighted by molar-refractivity contribution is 6.36. The summed E-state index contributed by atoms with van der Waals surface area (Å²) in [5, 5.41) is 5.12. The zero-order valence-corrected chi connectivity index (χ0v) is 19.7. The summed E-state index contributed by atoms with van der Waals surface area (Å²) < 4.78 is 36.3. The average Bonchev–Trinajstić information content (AvgIpc) is 3.44. The van der Waals surface area contributed by atoms with Gasteiger partial charge in [-0.2, -0.15) is 4.98 Å². The van der Waals surface area contributed by atoms with Crippen LogP contribution in [0.25, 0.3) is 28.6 Å². The minimum atomic E-state index is -2.29. The van der Waals surface area contributed by atoms with Crippen LogP contribution in [-0.2, 0) is 0 Å². The van der Waals surface area contributed by atoms with E-state index in [-0.39, 0.29) is 23.3 Å². The summed E-state index contributed by atoms with van der Waals surface area (Å²) in [6.45, 7) is 3.67. The fourth-order valence-corrected chi connectivity index (χ4v) is 4.44. The summed E-state index contributed by atoms with van der Waals surface area (Å²) in [6.07, 6.45) is 4.36. The van der Waals surface area contributed by atoms with Crippen LogP contribution in [0.15, 0.2) is 47.4 Å². The van der Waals surface area contributed by atoms with Crippen molar-refractivity contribution in [1.29, 1.82) is 0 Å². The first-order valence-electron chi connectivity index (χ1n) is 11.6. The van der Waals surface area contributed by atoms with Gasteiger partial charge in [-0.15, -0.1) is 0 Å². The highest BCUT2D eigenvalue weighted by Crippen LogP contribution is 2.37. The molecule has 0 amide bonds. The fraction of sp³-hybridized carbons (Fsp3) is 0.261. The Bertz CT molecular complexity index is 1480. The van der Waals surface area contributed by atoms with E-state index in [1.54, 1.807) is 22.7 Å². The van der Waals surface area contributed by atoms with Crippen LogP contribution in [0.2, 0.25) is 15.1 Å². The minimum Gasteiger partial charge on any atom is -0.487 e. The first-order chi connectivity index (χ1) is 17.0. The molecule has 1 fully saturated rings. The lowest BCUT2D eigenvalue weighted by atomic mass is 10.1. The highest BCUT2D eigenvalue weighted by Gasteiger charge is 2.23. The molecule has 4 heterocycles. The fourth-order valence-electron chi connectivity index (χ4n) is 3.68. The second kappa shape index (κ2) is 8.56. The molecule has 170 valence electrons. The Hall–Kier alpha value is -2.74. The molecule has 7 nitrogen and oxygen atoms in total. The normalized spacial score (nSPS) is 18.3. The summed E-state index contributed by atoms with van der Waals surface area (Å²) >= 11 is 19.3. The number of aryl methyl sites for hydroxylation is 1. The van der Waals surface area contributed by atoms with Crippen LogP contribution < -0.4 is 4.74 Å². The molecule has 1 aliphatic heterocycles. The number of nitrogens with zero attached hydrogens (tertiary/aromatic N) is 5. The minimum absolute atomic E-state index is 0.168. The van der Waals surface area contributed by atoms with Crippen molar-refractivity contribution in [2.75, 3.05) is 13.5 Å². The zero-order chi connectivity index (χ0) is 25.8. The molecule has 1 saturated heterocycles. The Morgan fingerprint density at radius 2 is 2.00 bits per heavy atom. The van der Waals surface area contributed by atoms with Crippen LogP contribution >= 0.6 is 34.8 Å². The first-order valence-corrected chi connectivity index (χ1v) is 11.2. The van der Waals surface area contributed by atoms with E-state index in [1.165, 1.54) is 4.90 Å². The van der Waals surface area contributed by atoms with Crippen LogP contribution in [0.3, 0.4) is 0 Å². The number of fused-ring (bicyclic) bond motifs is 1. The van der Waals surface area contributed by atoms with Gasteiger partial charge in [0.2, 0.25) is 5.82 Å². The van der Waals surface area contributed by atoms with Crippen LogP contribution in [0.5, 0.6) is 5.75 Å². The lowest BCUT2D eigenvalue weighted by molar-refractivity contribution is 0.128. The molecule has 0 radical (unpaired) electrons. The monoisotopic (exact) mass is 506 g/mol. The molecule has 4 aromatic rings. The quantitative estimate of drug-likeness (QED) is 0.322. The molecular formula is C23H20Cl3N5O2. The number of hydrogen-bond acceptors (Lipinski definition) is 6. The van der Waals surface area contributed by atoms with Crippen molar-refractivity contribution in [3.05, 3.63) is 63.5 Å². The molecular weight excluding hydrogens is 485 g/mol. The number of halogens is 3.